The molecule has 0 amide bonds. The number of thiol groups is 1. The highest BCUT2D eigenvalue weighted by Crippen LogP contribution is 2.32. The molecular weight excluding hydrogens is 368 g/mol. The molecule has 0 unspecified atom stereocenters. The molecule has 29 heavy (non-hydrogen) atoms. The van der Waals surface area contributed by atoms with Gasteiger partial charge in [0.1, 0.15) is 0 Å². The van der Waals surface area contributed by atoms with Gasteiger partial charge in [0.25, 0.3) is 0 Å². The Morgan fingerprint density at radius 3 is 1.41 bits per heavy atom. The Kier molecular flexibility index (Phi) is 14.6. The molecule has 1 fully saturated rings. The Balaban J connectivity index is 0.000000353. The summed E-state index contributed by atoms with van der Waals surface area (Å²) in [7, 11) is 0. The van der Waals surface area contributed by atoms with Crippen LogP contribution in [0.5, 0.6) is 0 Å². The third-order valence-electron chi connectivity index (χ3n) is 4.65. The second-order valence-electron chi connectivity index (χ2n) is 6.53. The minimum absolute atomic E-state index is 0.816. The van der Waals surface area contributed by atoms with Gasteiger partial charge in [-0.3, -0.25) is 0 Å². The lowest BCUT2D eigenvalue weighted by Crippen LogP contribution is -2.04. The van der Waals surface area contributed by atoms with Crippen LogP contribution in [-0.2, 0) is 11.8 Å². The molecule has 0 aliphatic heterocycles. The summed E-state index contributed by atoms with van der Waals surface area (Å²) in [6, 6.07) is 32.0. The molecule has 0 nitrogen and oxygen atoms in total. The quantitative estimate of drug-likeness (QED) is 0.301. The maximum atomic E-state index is 2.35. The molecule has 3 aromatic rings. The summed E-state index contributed by atoms with van der Waals surface area (Å²) in [6.07, 6.45) is 7.02. The van der Waals surface area contributed by atoms with Crippen LogP contribution in [0.1, 0.15) is 71.3 Å². The minimum atomic E-state index is 0.816. The van der Waals surface area contributed by atoms with Crippen molar-refractivity contribution < 1.29 is 0 Å². The van der Waals surface area contributed by atoms with Crippen molar-refractivity contribution in [1.82, 2.24) is 0 Å². The van der Waals surface area contributed by atoms with E-state index in [-0.39, 0.29) is 0 Å². The van der Waals surface area contributed by atoms with Crippen LogP contribution >= 0.6 is 0 Å². The third-order valence-corrected chi connectivity index (χ3v) is 5.76. The van der Waals surface area contributed by atoms with E-state index in [1.165, 1.54) is 53.7 Å². The summed E-state index contributed by atoms with van der Waals surface area (Å²) in [5.74, 6) is 0.816. The first-order valence-corrected chi connectivity index (χ1v) is 12.2. The monoisotopic (exact) mass is 407 g/mol. The molecule has 0 heterocycles. The molecule has 0 atom stereocenters. The summed E-state index contributed by atoms with van der Waals surface area (Å²) in [5, 5.41) is 0. The second-order valence-corrected chi connectivity index (χ2v) is 7.78. The molecule has 0 N–H and O–H groups in total. The standard InChI is InChI=1S/C18H20S.C6H6.2C2H6/c1-3-7-15(8-4-1)16-11-13-18(14-12-16)19-17-9-5-2-6-10-17;1-2-4-6-5-3-1;2*1-2/h2,5-6,9-15H,1,3-4,7-8H2;1-6H;2*1-2H3/p+1. The molecule has 1 heteroatoms. The van der Waals surface area contributed by atoms with Crippen LogP contribution in [0.25, 0.3) is 0 Å². The fraction of sp³-hybridized carbons (Fsp3) is 0.357. The van der Waals surface area contributed by atoms with Crippen molar-refractivity contribution in [3.05, 3.63) is 96.6 Å². The van der Waals surface area contributed by atoms with Gasteiger partial charge in [-0.05, 0) is 48.6 Å². The van der Waals surface area contributed by atoms with E-state index < -0.39 is 0 Å². The summed E-state index contributed by atoms with van der Waals surface area (Å²) >= 11 is 1.31. The maximum absolute atomic E-state index is 2.35. The molecule has 0 aromatic heterocycles. The van der Waals surface area contributed by atoms with Crippen LogP contribution in [-0.4, -0.2) is 0 Å². The molecular formula is C28H39S+. The van der Waals surface area contributed by atoms with Gasteiger partial charge in [-0.2, -0.15) is 0 Å². The van der Waals surface area contributed by atoms with E-state index in [9.17, 15) is 0 Å². The molecule has 1 saturated carbocycles. The van der Waals surface area contributed by atoms with Gasteiger partial charge in [-0.25, -0.2) is 0 Å². The zero-order valence-corrected chi connectivity index (χ0v) is 19.6. The maximum Gasteiger partial charge on any atom is 0.158 e. The van der Waals surface area contributed by atoms with Gasteiger partial charge in [0, 0.05) is 11.8 Å². The van der Waals surface area contributed by atoms with Crippen molar-refractivity contribution in [2.24, 2.45) is 0 Å². The third kappa shape index (κ3) is 10.4. The highest BCUT2D eigenvalue weighted by Gasteiger charge is 2.16. The Morgan fingerprint density at radius 2 is 0.931 bits per heavy atom. The lowest BCUT2D eigenvalue weighted by molar-refractivity contribution is 0.443. The molecule has 156 valence electrons. The predicted octanol–water partition coefficient (Wildman–Crippen LogP) is 8.71. The molecule has 3 aromatic carbocycles. The fourth-order valence-electron chi connectivity index (χ4n) is 3.29. The highest BCUT2D eigenvalue weighted by atomic mass is 32.2. The average Bonchev–Trinajstić information content (AvgIpc) is 2.85. The zero-order chi connectivity index (χ0) is 21.2. The topological polar surface area (TPSA) is 0 Å². The van der Waals surface area contributed by atoms with Crippen molar-refractivity contribution in [2.75, 3.05) is 0 Å². The Bertz CT molecular complexity index is 672. The van der Waals surface area contributed by atoms with Crippen LogP contribution in [0.4, 0.5) is 0 Å². The molecule has 4 rings (SSSR count). The summed E-state index contributed by atoms with van der Waals surface area (Å²) in [4.78, 5) is 2.76. The predicted molar refractivity (Wildman–Crippen MR) is 133 cm³/mol. The van der Waals surface area contributed by atoms with Gasteiger partial charge in [-0.15, -0.1) is 0 Å². The largest absolute Gasteiger partial charge is 0.158 e. The van der Waals surface area contributed by atoms with Crippen LogP contribution in [0, 0.1) is 0 Å². The van der Waals surface area contributed by atoms with E-state index >= 15 is 0 Å². The zero-order valence-electron chi connectivity index (χ0n) is 18.7. The van der Waals surface area contributed by atoms with Crippen molar-refractivity contribution in [2.45, 2.75) is 75.5 Å². The van der Waals surface area contributed by atoms with Gasteiger partial charge < -0.3 is 0 Å². The van der Waals surface area contributed by atoms with E-state index in [0.717, 1.165) is 5.92 Å². The van der Waals surface area contributed by atoms with Crippen LogP contribution < -0.4 is 0 Å². The first-order chi connectivity index (χ1) is 14.4. The van der Waals surface area contributed by atoms with Gasteiger partial charge in [-0.1, -0.05) is 114 Å². The molecule has 1 aliphatic rings. The summed E-state index contributed by atoms with van der Waals surface area (Å²) in [5.41, 5.74) is 1.55. The van der Waals surface area contributed by atoms with Gasteiger partial charge in [0.2, 0.25) is 0 Å². The van der Waals surface area contributed by atoms with Crippen molar-refractivity contribution in [3.8, 4) is 0 Å². The SMILES string of the molecule is CC.CC.c1ccc([SH+]c2ccc(C3CCCCC3)cc2)cc1.c1ccccc1. The molecule has 0 spiro atoms. The van der Waals surface area contributed by atoms with E-state index in [1.54, 1.807) is 5.56 Å². The van der Waals surface area contributed by atoms with Gasteiger partial charge >= 0.3 is 0 Å². The van der Waals surface area contributed by atoms with Crippen molar-refractivity contribution in [1.29, 1.82) is 0 Å². The van der Waals surface area contributed by atoms with E-state index in [0.29, 0.717) is 0 Å². The molecule has 0 radical (unpaired) electrons. The first-order valence-electron chi connectivity index (χ1n) is 11.3. The summed E-state index contributed by atoms with van der Waals surface area (Å²) < 4.78 is 0. The van der Waals surface area contributed by atoms with Gasteiger partial charge in [0.15, 0.2) is 9.79 Å². The normalized spacial score (nSPS) is 12.8. The highest BCUT2D eigenvalue weighted by molar-refractivity contribution is 7.78. The average molecular weight is 408 g/mol. The lowest BCUT2D eigenvalue weighted by atomic mass is 9.84. The minimum Gasteiger partial charge on any atom is -0.0683 e. The molecule has 1 aliphatic carbocycles. The Labute approximate surface area is 183 Å². The second kappa shape index (κ2) is 16.9. The fourth-order valence-corrected chi connectivity index (χ4v) is 4.21. The van der Waals surface area contributed by atoms with E-state index in [2.05, 4.69) is 54.6 Å². The first kappa shape index (κ1) is 25.0. The Hall–Kier alpha value is -1.99. The van der Waals surface area contributed by atoms with Crippen LogP contribution in [0.15, 0.2) is 101 Å². The van der Waals surface area contributed by atoms with Crippen molar-refractivity contribution >= 4 is 11.8 Å². The lowest BCUT2D eigenvalue weighted by Gasteiger charge is -2.21. The number of hydrogen-bond acceptors (Lipinski definition) is 0. The molecule has 0 saturated heterocycles. The van der Waals surface area contributed by atoms with Crippen LogP contribution in [0.2, 0.25) is 0 Å². The van der Waals surface area contributed by atoms with E-state index in [1.807, 2.05) is 64.1 Å². The number of benzene rings is 3. The smallest absolute Gasteiger partial charge is 0.0683 e. The Morgan fingerprint density at radius 1 is 0.517 bits per heavy atom. The van der Waals surface area contributed by atoms with Crippen LogP contribution in [0.3, 0.4) is 0 Å². The van der Waals surface area contributed by atoms with Crippen molar-refractivity contribution in [3.63, 3.8) is 0 Å². The van der Waals surface area contributed by atoms with Gasteiger partial charge in [0.05, 0.1) is 0 Å². The van der Waals surface area contributed by atoms with E-state index in [4.69, 9.17) is 0 Å². The number of rotatable bonds is 3. The summed E-state index contributed by atoms with van der Waals surface area (Å²) in [6.45, 7) is 8.00. The number of hydrogen-bond donors (Lipinski definition) is 0. The molecule has 0 bridgehead atoms.